The molecule has 0 aliphatic rings. The van der Waals surface area contributed by atoms with Crippen LogP contribution in [-0.4, -0.2) is 36.7 Å². The molecule has 0 aliphatic heterocycles. The van der Waals surface area contributed by atoms with E-state index >= 15 is 0 Å². The van der Waals surface area contributed by atoms with Crippen LogP contribution in [0.2, 0.25) is 5.02 Å². The van der Waals surface area contributed by atoms with Crippen LogP contribution in [0.3, 0.4) is 0 Å². The standard InChI is InChI=1S/C19H21ClN2O4/c1-26-16-7-5-13(6-8-16)9-10-21-17(19(24)25)12-18(23)22-15-4-2-3-14(20)11-15/h2-8,11,17,21H,9-10,12H2,1H3,(H,22,23)(H,24,25). The Morgan fingerprint density at radius 1 is 1.19 bits per heavy atom. The number of halogens is 1. The average Bonchev–Trinajstić information content (AvgIpc) is 2.61. The van der Waals surface area contributed by atoms with Crippen molar-refractivity contribution in [2.24, 2.45) is 0 Å². The average molecular weight is 377 g/mol. The minimum absolute atomic E-state index is 0.176. The van der Waals surface area contributed by atoms with Gasteiger partial charge in [-0.3, -0.25) is 9.59 Å². The minimum atomic E-state index is -1.07. The van der Waals surface area contributed by atoms with Crippen molar-refractivity contribution < 1.29 is 19.4 Å². The van der Waals surface area contributed by atoms with Crippen molar-refractivity contribution in [3.63, 3.8) is 0 Å². The maximum Gasteiger partial charge on any atom is 0.321 e. The number of methoxy groups -OCH3 is 1. The second-order valence-corrected chi connectivity index (χ2v) is 6.14. The van der Waals surface area contributed by atoms with Gasteiger partial charge < -0.3 is 20.5 Å². The van der Waals surface area contributed by atoms with Gasteiger partial charge >= 0.3 is 5.97 Å². The summed E-state index contributed by atoms with van der Waals surface area (Å²) < 4.78 is 5.10. The molecule has 0 saturated carbocycles. The first kappa shape index (κ1) is 19.8. The van der Waals surface area contributed by atoms with E-state index in [2.05, 4.69) is 10.6 Å². The van der Waals surface area contributed by atoms with Crippen LogP contribution in [0.5, 0.6) is 5.75 Å². The van der Waals surface area contributed by atoms with E-state index in [4.69, 9.17) is 16.3 Å². The second kappa shape index (κ2) is 9.79. The summed E-state index contributed by atoms with van der Waals surface area (Å²) in [6.07, 6.45) is 0.466. The number of rotatable bonds is 9. The number of hydrogen-bond acceptors (Lipinski definition) is 4. The van der Waals surface area contributed by atoms with Gasteiger partial charge in [0.1, 0.15) is 11.8 Å². The third kappa shape index (κ3) is 6.38. The van der Waals surface area contributed by atoms with Crippen molar-refractivity contribution >= 4 is 29.2 Å². The quantitative estimate of drug-likeness (QED) is 0.626. The molecular formula is C19H21ClN2O4. The largest absolute Gasteiger partial charge is 0.497 e. The summed E-state index contributed by atoms with van der Waals surface area (Å²) in [6, 6.07) is 13.3. The maximum atomic E-state index is 12.1. The number of benzene rings is 2. The van der Waals surface area contributed by atoms with Crippen molar-refractivity contribution in [1.29, 1.82) is 0 Å². The van der Waals surface area contributed by atoms with E-state index < -0.39 is 17.9 Å². The number of carbonyl (C=O) groups is 2. The van der Waals surface area contributed by atoms with E-state index in [0.717, 1.165) is 11.3 Å². The molecule has 0 saturated heterocycles. The third-order valence-corrected chi connectivity index (χ3v) is 3.99. The number of carboxylic acids is 1. The molecular weight excluding hydrogens is 356 g/mol. The summed E-state index contributed by atoms with van der Waals surface area (Å²) in [5.74, 6) is -0.694. The van der Waals surface area contributed by atoms with Gasteiger partial charge in [-0.1, -0.05) is 29.8 Å². The molecule has 138 valence electrons. The number of nitrogens with one attached hydrogen (secondary N) is 2. The van der Waals surface area contributed by atoms with Gasteiger partial charge in [-0.15, -0.1) is 0 Å². The zero-order valence-corrected chi connectivity index (χ0v) is 15.1. The first-order valence-electron chi connectivity index (χ1n) is 8.12. The minimum Gasteiger partial charge on any atom is -0.497 e. The molecule has 0 fully saturated rings. The Hall–Kier alpha value is -2.57. The smallest absolute Gasteiger partial charge is 0.321 e. The Kier molecular flexibility index (Phi) is 7.44. The van der Waals surface area contributed by atoms with Crippen molar-refractivity contribution in [3.8, 4) is 5.75 Å². The highest BCUT2D eigenvalue weighted by Gasteiger charge is 2.20. The number of ether oxygens (including phenoxy) is 1. The SMILES string of the molecule is COc1ccc(CCNC(CC(=O)Nc2cccc(Cl)c2)C(=O)O)cc1. The number of amides is 1. The van der Waals surface area contributed by atoms with E-state index in [-0.39, 0.29) is 6.42 Å². The fraction of sp³-hybridized carbons (Fsp3) is 0.263. The van der Waals surface area contributed by atoms with Gasteiger partial charge in [0, 0.05) is 10.7 Å². The summed E-state index contributed by atoms with van der Waals surface area (Å²) in [4.78, 5) is 23.5. The summed E-state index contributed by atoms with van der Waals surface area (Å²) in [6.45, 7) is 0.438. The summed E-state index contributed by atoms with van der Waals surface area (Å²) in [7, 11) is 1.60. The number of carbonyl (C=O) groups excluding carboxylic acids is 1. The van der Waals surface area contributed by atoms with Gasteiger partial charge in [0.25, 0.3) is 0 Å². The molecule has 1 amide bonds. The molecule has 0 aromatic heterocycles. The number of anilines is 1. The van der Waals surface area contributed by atoms with Gasteiger partial charge in [-0.05, 0) is 48.9 Å². The predicted octanol–water partition coefficient (Wildman–Crippen LogP) is 2.96. The first-order chi connectivity index (χ1) is 12.5. The molecule has 2 rings (SSSR count). The highest BCUT2D eigenvalue weighted by Crippen LogP contribution is 2.15. The molecule has 6 nitrogen and oxygen atoms in total. The molecule has 3 N–H and O–H groups in total. The van der Waals surface area contributed by atoms with Gasteiger partial charge in [0.15, 0.2) is 0 Å². The van der Waals surface area contributed by atoms with Crippen molar-refractivity contribution in [1.82, 2.24) is 5.32 Å². The lowest BCUT2D eigenvalue weighted by atomic mass is 10.1. The third-order valence-electron chi connectivity index (χ3n) is 3.76. The molecule has 26 heavy (non-hydrogen) atoms. The fourth-order valence-corrected chi connectivity index (χ4v) is 2.58. The van der Waals surface area contributed by atoms with Crippen LogP contribution in [0.1, 0.15) is 12.0 Å². The van der Waals surface area contributed by atoms with Crippen LogP contribution in [-0.2, 0) is 16.0 Å². The van der Waals surface area contributed by atoms with Crippen LogP contribution in [0.15, 0.2) is 48.5 Å². The maximum absolute atomic E-state index is 12.1. The zero-order chi connectivity index (χ0) is 18.9. The summed E-state index contributed by atoms with van der Waals surface area (Å²) in [5.41, 5.74) is 1.58. The van der Waals surface area contributed by atoms with E-state index in [9.17, 15) is 14.7 Å². The van der Waals surface area contributed by atoms with E-state index in [1.807, 2.05) is 24.3 Å². The molecule has 2 aromatic rings. The fourth-order valence-electron chi connectivity index (χ4n) is 2.39. The highest BCUT2D eigenvalue weighted by atomic mass is 35.5. The molecule has 0 heterocycles. The van der Waals surface area contributed by atoms with Crippen LogP contribution >= 0.6 is 11.6 Å². The van der Waals surface area contributed by atoms with Crippen LogP contribution in [0.25, 0.3) is 0 Å². The van der Waals surface area contributed by atoms with E-state index in [0.29, 0.717) is 23.7 Å². The van der Waals surface area contributed by atoms with Gasteiger partial charge in [0.05, 0.1) is 13.5 Å². The van der Waals surface area contributed by atoms with Crippen molar-refractivity contribution in [3.05, 3.63) is 59.1 Å². The Morgan fingerprint density at radius 2 is 1.92 bits per heavy atom. The Bertz CT molecular complexity index is 749. The lowest BCUT2D eigenvalue weighted by molar-refractivity contribution is -0.141. The first-order valence-corrected chi connectivity index (χ1v) is 8.50. The second-order valence-electron chi connectivity index (χ2n) is 5.71. The van der Waals surface area contributed by atoms with E-state index in [1.54, 1.807) is 31.4 Å². The molecule has 7 heteroatoms. The molecule has 0 radical (unpaired) electrons. The van der Waals surface area contributed by atoms with Crippen LogP contribution in [0, 0.1) is 0 Å². The van der Waals surface area contributed by atoms with Gasteiger partial charge in [-0.2, -0.15) is 0 Å². The van der Waals surface area contributed by atoms with E-state index in [1.165, 1.54) is 0 Å². The zero-order valence-electron chi connectivity index (χ0n) is 14.4. The Balaban J connectivity index is 1.83. The van der Waals surface area contributed by atoms with Crippen LogP contribution < -0.4 is 15.4 Å². The molecule has 0 bridgehead atoms. The van der Waals surface area contributed by atoms with Crippen LogP contribution in [0.4, 0.5) is 5.69 Å². The highest BCUT2D eigenvalue weighted by molar-refractivity contribution is 6.30. The number of carboxylic acid groups (broad SMARTS) is 1. The molecule has 1 atom stereocenters. The van der Waals surface area contributed by atoms with Crippen molar-refractivity contribution in [2.75, 3.05) is 19.0 Å². The topological polar surface area (TPSA) is 87.7 Å². The molecule has 2 aromatic carbocycles. The lowest BCUT2D eigenvalue weighted by Crippen LogP contribution is -2.40. The number of hydrogen-bond donors (Lipinski definition) is 3. The predicted molar refractivity (Wildman–Crippen MR) is 101 cm³/mol. The monoisotopic (exact) mass is 376 g/mol. The normalized spacial score (nSPS) is 11.6. The Morgan fingerprint density at radius 3 is 2.54 bits per heavy atom. The summed E-state index contributed by atoms with van der Waals surface area (Å²) in [5, 5.41) is 15.4. The number of aliphatic carboxylic acids is 1. The van der Waals surface area contributed by atoms with Gasteiger partial charge in [0.2, 0.25) is 5.91 Å². The summed E-state index contributed by atoms with van der Waals surface area (Å²) >= 11 is 5.86. The van der Waals surface area contributed by atoms with Gasteiger partial charge in [-0.25, -0.2) is 0 Å². The Labute approximate surface area is 157 Å². The van der Waals surface area contributed by atoms with Crippen molar-refractivity contribution in [2.45, 2.75) is 18.9 Å². The molecule has 1 unspecified atom stereocenters. The molecule has 0 spiro atoms. The molecule has 0 aliphatic carbocycles. The lowest BCUT2D eigenvalue weighted by Gasteiger charge is -2.14.